The molecule has 0 spiro atoms. The van der Waals surface area contributed by atoms with Crippen molar-refractivity contribution in [1.82, 2.24) is 14.0 Å². The van der Waals surface area contributed by atoms with Crippen LogP contribution in [0.5, 0.6) is 0 Å². The summed E-state index contributed by atoms with van der Waals surface area (Å²) in [7, 11) is 0. The maximum atomic E-state index is 5.19. The fraction of sp³-hybridized carbons (Fsp3) is 0.0652. The van der Waals surface area contributed by atoms with Crippen LogP contribution in [0.1, 0.15) is 25.0 Å². The summed E-state index contributed by atoms with van der Waals surface area (Å²) in [5, 5.41) is 6.11. The Kier molecular flexibility index (Phi) is 5.18. The third kappa shape index (κ3) is 3.49. The van der Waals surface area contributed by atoms with Crippen molar-refractivity contribution in [1.29, 1.82) is 0 Å². The van der Waals surface area contributed by atoms with Gasteiger partial charge in [0.2, 0.25) is 0 Å². The number of benzene rings is 7. The van der Waals surface area contributed by atoms with E-state index < -0.39 is 0 Å². The molecule has 0 fully saturated rings. The Morgan fingerprint density at radius 2 is 1.20 bits per heavy atom. The molecule has 3 heterocycles. The lowest BCUT2D eigenvalue weighted by atomic mass is 9.82. The predicted molar refractivity (Wildman–Crippen MR) is 205 cm³/mol. The number of imidazole rings is 1. The predicted octanol–water partition coefficient (Wildman–Crippen LogP) is 11.9. The van der Waals surface area contributed by atoms with E-state index >= 15 is 0 Å². The van der Waals surface area contributed by atoms with Crippen molar-refractivity contribution < 1.29 is 0 Å². The van der Waals surface area contributed by atoms with Gasteiger partial charge in [-0.3, -0.25) is 4.40 Å². The Hall–Kier alpha value is -6.19. The lowest BCUT2D eigenvalue weighted by molar-refractivity contribution is 0.660. The van der Waals surface area contributed by atoms with Crippen LogP contribution in [-0.4, -0.2) is 14.0 Å². The van der Waals surface area contributed by atoms with Crippen molar-refractivity contribution in [3.05, 3.63) is 163 Å². The molecule has 10 aromatic rings. The zero-order valence-electron chi connectivity index (χ0n) is 27.3. The highest BCUT2D eigenvalue weighted by molar-refractivity contribution is 6.26. The van der Waals surface area contributed by atoms with Gasteiger partial charge >= 0.3 is 0 Å². The maximum Gasteiger partial charge on any atom is 0.146 e. The smallest absolute Gasteiger partial charge is 0.146 e. The standard InChI is InChI=1S/C46H31N3/c1-46(2)37-18-7-5-15-32(37)36-27-29(22-24-38(36)46)28-12-11-13-30(26-28)48-40-20-9-6-17-35(40)43-42(48)25-23-33-31-14-3-4-16-34(31)45-47-39-19-8-10-21-41(39)49(45)44(33)43/h3-27H,1-2H3. The molecule has 3 aromatic heterocycles. The van der Waals surface area contributed by atoms with Crippen LogP contribution in [-0.2, 0) is 5.41 Å². The van der Waals surface area contributed by atoms with E-state index in [9.17, 15) is 0 Å². The van der Waals surface area contributed by atoms with E-state index in [0.29, 0.717) is 0 Å². The van der Waals surface area contributed by atoms with Gasteiger partial charge in [0, 0.05) is 32.6 Å². The molecule has 230 valence electrons. The fourth-order valence-corrected chi connectivity index (χ4v) is 8.84. The quantitative estimate of drug-likeness (QED) is 0.175. The first-order valence-corrected chi connectivity index (χ1v) is 17.1. The Balaban J connectivity index is 1.20. The first kappa shape index (κ1) is 26.8. The van der Waals surface area contributed by atoms with E-state index in [0.717, 1.165) is 22.4 Å². The van der Waals surface area contributed by atoms with E-state index in [-0.39, 0.29) is 5.41 Å². The molecule has 1 aliphatic carbocycles. The fourth-order valence-electron chi connectivity index (χ4n) is 8.84. The second-order valence-corrected chi connectivity index (χ2v) is 14.0. The highest BCUT2D eigenvalue weighted by atomic mass is 15.0. The normalized spacial score (nSPS) is 13.7. The molecular weight excluding hydrogens is 595 g/mol. The van der Waals surface area contributed by atoms with Crippen LogP contribution in [0.4, 0.5) is 0 Å². The third-order valence-electron chi connectivity index (χ3n) is 11.1. The third-order valence-corrected chi connectivity index (χ3v) is 11.1. The van der Waals surface area contributed by atoms with Crippen LogP contribution in [0, 0.1) is 0 Å². The second-order valence-electron chi connectivity index (χ2n) is 14.0. The van der Waals surface area contributed by atoms with Crippen LogP contribution in [0.25, 0.3) is 88.1 Å². The summed E-state index contributed by atoms with van der Waals surface area (Å²) in [4.78, 5) is 5.19. The number of hydrogen-bond acceptors (Lipinski definition) is 1. The molecule has 0 saturated carbocycles. The van der Waals surface area contributed by atoms with Gasteiger partial charge in [-0.15, -0.1) is 0 Å². The number of fused-ring (bicyclic) bond motifs is 15. The molecule has 0 amide bonds. The first-order chi connectivity index (χ1) is 24.1. The van der Waals surface area contributed by atoms with Crippen LogP contribution in [0.3, 0.4) is 0 Å². The topological polar surface area (TPSA) is 22.2 Å². The summed E-state index contributed by atoms with van der Waals surface area (Å²) in [6, 6.07) is 55.6. The first-order valence-electron chi connectivity index (χ1n) is 17.1. The molecule has 1 aliphatic rings. The van der Waals surface area contributed by atoms with Gasteiger partial charge in [0.1, 0.15) is 5.65 Å². The second kappa shape index (κ2) is 9.46. The minimum Gasteiger partial charge on any atom is -0.309 e. The molecule has 0 aliphatic heterocycles. The van der Waals surface area contributed by atoms with E-state index in [2.05, 4.69) is 174 Å². The SMILES string of the molecule is CC1(C)c2ccccc2-c2cc(-c3cccc(-n4c5ccccc5c5c4ccc4c6ccccc6c6nc7ccccc7n6c45)c3)ccc21. The van der Waals surface area contributed by atoms with Crippen LogP contribution >= 0.6 is 0 Å². The molecule has 0 N–H and O–H groups in total. The molecule has 0 atom stereocenters. The van der Waals surface area contributed by atoms with E-state index in [4.69, 9.17) is 4.98 Å². The van der Waals surface area contributed by atoms with Crippen molar-refractivity contribution in [3.63, 3.8) is 0 Å². The zero-order valence-corrected chi connectivity index (χ0v) is 27.3. The number of nitrogens with zero attached hydrogens (tertiary/aromatic N) is 3. The minimum atomic E-state index is -0.00460. The van der Waals surface area contributed by atoms with Crippen LogP contribution in [0.15, 0.2) is 152 Å². The average Bonchev–Trinajstić information content (AvgIpc) is 3.78. The monoisotopic (exact) mass is 625 g/mol. The summed E-state index contributed by atoms with van der Waals surface area (Å²) in [6.45, 7) is 4.68. The molecule has 49 heavy (non-hydrogen) atoms. The van der Waals surface area contributed by atoms with Gasteiger partial charge in [-0.05, 0) is 81.2 Å². The van der Waals surface area contributed by atoms with Gasteiger partial charge in [0.05, 0.1) is 27.6 Å². The van der Waals surface area contributed by atoms with Crippen LogP contribution < -0.4 is 0 Å². The molecular formula is C46H31N3. The van der Waals surface area contributed by atoms with Crippen LogP contribution in [0.2, 0.25) is 0 Å². The van der Waals surface area contributed by atoms with Gasteiger partial charge in [0.25, 0.3) is 0 Å². The van der Waals surface area contributed by atoms with Crippen molar-refractivity contribution in [3.8, 4) is 27.9 Å². The van der Waals surface area contributed by atoms with Gasteiger partial charge in [-0.25, -0.2) is 4.98 Å². The van der Waals surface area contributed by atoms with Crippen molar-refractivity contribution in [2.24, 2.45) is 0 Å². The highest BCUT2D eigenvalue weighted by Crippen LogP contribution is 2.49. The summed E-state index contributed by atoms with van der Waals surface area (Å²) in [5.41, 5.74) is 15.8. The number of para-hydroxylation sites is 3. The van der Waals surface area contributed by atoms with E-state index in [1.165, 1.54) is 76.9 Å². The highest BCUT2D eigenvalue weighted by Gasteiger charge is 2.35. The summed E-state index contributed by atoms with van der Waals surface area (Å²) >= 11 is 0. The Morgan fingerprint density at radius 1 is 0.490 bits per heavy atom. The van der Waals surface area contributed by atoms with Gasteiger partial charge in [0.15, 0.2) is 0 Å². The lowest BCUT2D eigenvalue weighted by Gasteiger charge is -2.21. The van der Waals surface area contributed by atoms with Crippen molar-refractivity contribution >= 4 is 60.2 Å². The van der Waals surface area contributed by atoms with Gasteiger partial charge in [-0.2, -0.15) is 0 Å². The van der Waals surface area contributed by atoms with Gasteiger partial charge in [-0.1, -0.05) is 123 Å². The maximum absolute atomic E-state index is 5.19. The molecule has 0 bridgehead atoms. The molecule has 3 heteroatoms. The Labute approximate surface area is 283 Å². The van der Waals surface area contributed by atoms with Crippen molar-refractivity contribution in [2.75, 3.05) is 0 Å². The number of hydrogen-bond donors (Lipinski definition) is 0. The minimum absolute atomic E-state index is 0.00460. The Bertz CT molecular complexity index is 3030. The average molecular weight is 626 g/mol. The summed E-state index contributed by atoms with van der Waals surface area (Å²) in [6.07, 6.45) is 0. The molecule has 0 saturated heterocycles. The summed E-state index contributed by atoms with van der Waals surface area (Å²) < 4.78 is 4.84. The number of aromatic nitrogens is 3. The van der Waals surface area contributed by atoms with E-state index in [1.807, 2.05) is 0 Å². The molecule has 0 unspecified atom stereocenters. The lowest BCUT2D eigenvalue weighted by Crippen LogP contribution is -2.14. The number of pyridine rings is 1. The molecule has 11 rings (SSSR count). The molecule has 7 aromatic carbocycles. The number of rotatable bonds is 2. The summed E-state index contributed by atoms with van der Waals surface area (Å²) in [5.74, 6) is 0. The molecule has 3 nitrogen and oxygen atoms in total. The zero-order chi connectivity index (χ0) is 32.4. The Morgan fingerprint density at radius 3 is 2.10 bits per heavy atom. The van der Waals surface area contributed by atoms with E-state index in [1.54, 1.807) is 0 Å². The molecule has 0 radical (unpaired) electrons. The largest absolute Gasteiger partial charge is 0.309 e. The van der Waals surface area contributed by atoms with Crippen molar-refractivity contribution in [2.45, 2.75) is 19.3 Å². The van der Waals surface area contributed by atoms with Gasteiger partial charge < -0.3 is 4.57 Å².